The molecule has 0 aliphatic rings. The zero-order chi connectivity index (χ0) is 14.9. The molecule has 1 aromatic heterocycles. The van der Waals surface area contributed by atoms with E-state index in [1.807, 2.05) is 36.9 Å². The van der Waals surface area contributed by atoms with E-state index in [1.54, 1.807) is 0 Å². The minimum atomic E-state index is 0.716. The molecule has 1 aromatic carbocycles. The van der Waals surface area contributed by atoms with Crippen LogP contribution in [0, 0.1) is 0 Å². The van der Waals surface area contributed by atoms with Crippen molar-refractivity contribution in [2.75, 3.05) is 24.2 Å². The SMILES string of the molecule is CCCOc1cc(N)cc(NCCCCn2ccnc2)c1. The van der Waals surface area contributed by atoms with Crippen LogP contribution in [0.5, 0.6) is 5.75 Å². The van der Waals surface area contributed by atoms with Crippen molar-refractivity contribution < 1.29 is 4.74 Å². The summed E-state index contributed by atoms with van der Waals surface area (Å²) in [5, 5.41) is 3.40. The Morgan fingerprint density at radius 2 is 2.19 bits per heavy atom. The first kappa shape index (κ1) is 15.2. The van der Waals surface area contributed by atoms with Crippen LogP contribution in [0.1, 0.15) is 26.2 Å². The monoisotopic (exact) mass is 288 g/mol. The van der Waals surface area contributed by atoms with E-state index in [9.17, 15) is 0 Å². The quantitative estimate of drug-likeness (QED) is 0.549. The molecule has 0 amide bonds. The third-order valence-corrected chi connectivity index (χ3v) is 3.13. The minimum Gasteiger partial charge on any atom is -0.493 e. The number of benzene rings is 1. The van der Waals surface area contributed by atoms with Crippen LogP contribution >= 0.6 is 0 Å². The van der Waals surface area contributed by atoms with Gasteiger partial charge in [0.1, 0.15) is 5.75 Å². The lowest BCUT2D eigenvalue weighted by Crippen LogP contribution is -2.05. The summed E-state index contributed by atoms with van der Waals surface area (Å²) >= 11 is 0. The van der Waals surface area contributed by atoms with E-state index in [0.717, 1.165) is 49.5 Å². The maximum absolute atomic E-state index is 5.90. The fraction of sp³-hybridized carbons (Fsp3) is 0.438. The topological polar surface area (TPSA) is 65.1 Å². The van der Waals surface area contributed by atoms with E-state index in [4.69, 9.17) is 10.5 Å². The number of nitrogen functional groups attached to an aromatic ring is 1. The Balaban J connectivity index is 1.73. The molecular weight excluding hydrogens is 264 g/mol. The third kappa shape index (κ3) is 5.38. The second kappa shape index (κ2) is 8.19. The maximum Gasteiger partial charge on any atom is 0.123 e. The molecule has 0 spiro atoms. The molecule has 3 N–H and O–H groups in total. The van der Waals surface area contributed by atoms with Crippen molar-refractivity contribution >= 4 is 11.4 Å². The van der Waals surface area contributed by atoms with E-state index in [1.165, 1.54) is 0 Å². The Labute approximate surface area is 126 Å². The first-order valence-electron chi connectivity index (χ1n) is 7.51. The molecule has 2 rings (SSSR count). The molecule has 0 aliphatic heterocycles. The van der Waals surface area contributed by atoms with Gasteiger partial charge in [-0.2, -0.15) is 0 Å². The summed E-state index contributed by atoms with van der Waals surface area (Å²) in [6, 6.07) is 5.80. The minimum absolute atomic E-state index is 0.716. The number of hydrogen-bond donors (Lipinski definition) is 2. The molecule has 0 bridgehead atoms. The predicted octanol–water partition coefficient (Wildman–Crippen LogP) is 3.15. The lowest BCUT2D eigenvalue weighted by molar-refractivity contribution is 0.318. The van der Waals surface area contributed by atoms with Gasteiger partial charge in [-0.1, -0.05) is 6.92 Å². The molecule has 0 unspecified atom stereocenters. The summed E-state index contributed by atoms with van der Waals surface area (Å²) in [5.74, 6) is 0.831. The second-order valence-electron chi connectivity index (χ2n) is 5.07. The highest BCUT2D eigenvalue weighted by Crippen LogP contribution is 2.22. The number of ether oxygens (including phenoxy) is 1. The van der Waals surface area contributed by atoms with Gasteiger partial charge in [0.25, 0.3) is 0 Å². The molecular formula is C16H24N4O. The number of aryl methyl sites for hydroxylation is 1. The Kier molecular flexibility index (Phi) is 5.94. The predicted molar refractivity (Wildman–Crippen MR) is 86.6 cm³/mol. The second-order valence-corrected chi connectivity index (χ2v) is 5.07. The van der Waals surface area contributed by atoms with Crippen LogP contribution in [0.15, 0.2) is 36.9 Å². The molecule has 0 fully saturated rings. The van der Waals surface area contributed by atoms with Crippen LogP contribution in [-0.2, 0) is 6.54 Å². The Hall–Kier alpha value is -2.17. The summed E-state index contributed by atoms with van der Waals surface area (Å²) < 4.78 is 7.72. The van der Waals surface area contributed by atoms with Crippen LogP contribution in [0.2, 0.25) is 0 Å². The first-order valence-corrected chi connectivity index (χ1v) is 7.51. The van der Waals surface area contributed by atoms with E-state index in [0.29, 0.717) is 6.61 Å². The molecule has 0 radical (unpaired) electrons. The molecule has 5 nitrogen and oxygen atoms in total. The van der Waals surface area contributed by atoms with E-state index in [2.05, 4.69) is 21.8 Å². The summed E-state index contributed by atoms with van der Waals surface area (Å²) in [4.78, 5) is 4.03. The van der Waals surface area contributed by atoms with Crippen LogP contribution in [-0.4, -0.2) is 22.7 Å². The van der Waals surface area contributed by atoms with Gasteiger partial charge in [0.15, 0.2) is 0 Å². The van der Waals surface area contributed by atoms with Gasteiger partial charge in [-0.3, -0.25) is 0 Å². The van der Waals surface area contributed by atoms with Gasteiger partial charge in [-0.25, -0.2) is 4.98 Å². The van der Waals surface area contributed by atoms with Gasteiger partial charge < -0.3 is 20.4 Å². The van der Waals surface area contributed by atoms with Crippen LogP contribution in [0.4, 0.5) is 11.4 Å². The molecule has 0 atom stereocenters. The summed E-state index contributed by atoms with van der Waals surface area (Å²) in [5.41, 5.74) is 7.64. The van der Waals surface area contributed by atoms with E-state index < -0.39 is 0 Å². The highest BCUT2D eigenvalue weighted by molar-refractivity contribution is 5.59. The number of nitrogens with zero attached hydrogens (tertiary/aromatic N) is 2. The molecule has 5 heteroatoms. The number of imidazole rings is 1. The smallest absolute Gasteiger partial charge is 0.123 e. The standard InChI is InChI=1S/C16H24N4O/c1-2-9-21-16-11-14(17)10-15(12-16)19-5-3-4-7-20-8-6-18-13-20/h6,8,10-13,19H,2-5,7,9,17H2,1H3. The average Bonchev–Trinajstić information content (AvgIpc) is 2.97. The number of hydrogen-bond acceptors (Lipinski definition) is 4. The van der Waals surface area contributed by atoms with Crippen molar-refractivity contribution in [3.05, 3.63) is 36.9 Å². The number of anilines is 2. The molecule has 2 aromatic rings. The van der Waals surface area contributed by atoms with Gasteiger partial charge in [0.2, 0.25) is 0 Å². The van der Waals surface area contributed by atoms with Crippen molar-refractivity contribution in [2.24, 2.45) is 0 Å². The Morgan fingerprint density at radius 1 is 1.29 bits per heavy atom. The highest BCUT2D eigenvalue weighted by atomic mass is 16.5. The zero-order valence-corrected chi connectivity index (χ0v) is 12.6. The highest BCUT2D eigenvalue weighted by Gasteiger charge is 2.00. The van der Waals surface area contributed by atoms with Crippen LogP contribution in [0.3, 0.4) is 0 Å². The van der Waals surface area contributed by atoms with Crippen molar-refractivity contribution in [2.45, 2.75) is 32.7 Å². The fourth-order valence-corrected chi connectivity index (χ4v) is 2.10. The van der Waals surface area contributed by atoms with Gasteiger partial charge in [-0.05, 0) is 25.3 Å². The molecule has 0 saturated carbocycles. The molecule has 0 aliphatic carbocycles. The van der Waals surface area contributed by atoms with Gasteiger partial charge in [-0.15, -0.1) is 0 Å². The van der Waals surface area contributed by atoms with Gasteiger partial charge in [0, 0.05) is 49.0 Å². The van der Waals surface area contributed by atoms with Crippen molar-refractivity contribution in [3.63, 3.8) is 0 Å². The van der Waals surface area contributed by atoms with Gasteiger partial charge in [0.05, 0.1) is 12.9 Å². The summed E-state index contributed by atoms with van der Waals surface area (Å²) in [6.45, 7) is 4.73. The third-order valence-electron chi connectivity index (χ3n) is 3.13. The Morgan fingerprint density at radius 3 is 2.95 bits per heavy atom. The Bertz CT molecular complexity index is 525. The van der Waals surface area contributed by atoms with Crippen LogP contribution < -0.4 is 15.8 Å². The van der Waals surface area contributed by atoms with Crippen molar-refractivity contribution in [3.8, 4) is 5.75 Å². The molecule has 1 heterocycles. The maximum atomic E-state index is 5.90. The van der Waals surface area contributed by atoms with E-state index >= 15 is 0 Å². The van der Waals surface area contributed by atoms with Crippen LogP contribution in [0.25, 0.3) is 0 Å². The molecule has 21 heavy (non-hydrogen) atoms. The lowest BCUT2D eigenvalue weighted by Gasteiger charge is -2.11. The van der Waals surface area contributed by atoms with Crippen molar-refractivity contribution in [1.82, 2.24) is 9.55 Å². The molecule has 0 saturated heterocycles. The lowest BCUT2D eigenvalue weighted by atomic mass is 10.2. The summed E-state index contributed by atoms with van der Waals surface area (Å²) in [7, 11) is 0. The van der Waals surface area contributed by atoms with Crippen molar-refractivity contribution in [1.29, 1.82) is 0 Å². The zero-order valence-electron chi connectivity index (χ0n) is 12.6. The normalized spacial score (nSPS) is 10.5. The first-order chi connectivity index (χ1) is 10.3. The molecule has 114 valence electrons. The number of aromatic nitrogens is 2. The largest absolute Gasteiger partial charge is 0.493 e. The fourth-order valence-electron chi connectivity index (χ4n) is 2.10. The number of unbranched alkanes of at least 4 members (excludes halogenated alkanes) is 1. The number of nitrogens with two attached hydrogens (primary N) is 1. The summed E-state index contributed by atoms with van der Waals surface area (Å²) in [6.07, 6.45) is 8.85. The van der Waals surface area contributed by atoms with Gasteiger partial charge >= 0.3 is 0 Å². The van der Waals surface area contributed by atoms with E-state index in [-0.39, 0.29) is 0 Å². The number of nitrogens with one attached hydrogen (secondary N) is 1. The average molecular weight is 288 g/mol. The number of rotatable bonds is 9.